The number of hydrogen-bond acceptors (Lipinski definition) is 6. The van der Waals surface area contributed by atoms with Crippen molar-refractivity contribution in [1.29, 1.82) is 0 Å². The first-order valence-electron chi connectivity index (χ1n) is 10.7. The molecule has 0 saturated carbocycles. The van der Waals surface area contributed by atoms with E-state index in [9.17, 15) is 10.1 Å². The average molecular weight is 574 g/mol. The summed E-state index contributed by atoms with van der Waals surface area (Å²) in [4.78, 5) is 11.4. The Morgan fingerprint density at radius 3 is 2.60 bits per heavy atom. The molecule has 0 aliphatic rings. The van der Waals surface area contributed by atoms with E-state index in [-0.39, 0.29) is 11.5 Å². The van der Waals surface area contributed by atoms with E-state index < -0.39 is 5.25 Å². The van der Waals surface area contributed by atoms with Gasteiger partial charge in [-0.05, 0) is 67.4 Å². The molecule has 10 heteroatoms. The van der Waals surface area contributed by atoms with Gasteiger partial charge in [-0.15, -0.1) is 10.2 Å². The SMILES string of the molecule is Cc1cccc(-n2c(C)nnc2S[C@@H](C[N+](=O)[O-])c2cc(Br)ccc2OCc2ccc(Cl)cc2)c1. The molecule has 4 aromatic rings. The quantitative estimate of drug-likeness (QED) is 0.122. The van der Waals surface area contributed by atoms with E-state index in [1.165, 1.54) is 11.8 Å². The standard InChI is InChI=1S/C25H22BrClN4O3S/c1-16-4-3-5-21(12-16)31-17(2)28-29-25(31)35-24(14-30(32)33)22-13-19(26)8-11-23(22)34-15-18-6-9-20(27)10-7-18/h3-13,24H,14-15H2,1-2H3/t24-/m0/s1. The number of thioether (sulfide) groups is 1. The Bertz CT molecular complexity index is 1350. The third kappa shape index (κ3) is 6.42. The lowest BCUT2D eigenvalue weighted by Gasteiger charge is -2.18. The molecule has 1 heterocycles. The van der Waals surface area contributed by atoms with E-state index in [1.54, 1.807) is 12.1 Å². The predicted octanol–water partition coefficient (Wildman–Crippen LogP) is 6.99. The lowest BCUT2D eigenvalue weighted by molar-refractivity contribution is -0.479. The molecular formula is C25H22BrClN4O3S. The highest BCUT2D eigenvalue weighted by atomic mass is 79.9. The predicted molar refractivity (Wildman–Crippen MR) is 141 cm³/mol. The first kappa shape index (κ1) is 25.2. The summed E-state index contributed by atoms with van der Waals surface area (Å²) in [5.74, 6) is 1.27. The lowest BCUT2D eigenvalue weighted by Crippen LogP contribution is -2.12. The van der Waals surface area contributed by atoms with Gasteiger partial charge in [0.25, 0.3) is 0 Å². The second-order valence-corrected chi connectivity index (χ2v) is 10.4. The molecule has 0 aliphatic heterocycles. The van der Waals surface area contributed by atoms with Crippen LogP contribution in [0.1, 0.15) is 27.8 Å². The maximum Gasteiger partial charge on any atom is 0.220 e. The summed E-state index contributed by atoms with van der Waals surface area (Å²) in [6.07, 6.45) is 0. The summed E-state index contributed by atoms with van der Waals surface area (Å²) < 4.78 is 8.83. The molecule has 1 atom stereocenters. The van der Waals surface area contributed by atoms with Gasteiger partial charge in [0, 0.05) is 25.7 Å². The van der Waals surface area contributed by atoms with Crippen molar-refractivity contribution >= 4 is 39.3 Å². The minimum absolute atomic E-state index is 0.306. The van der Waals surface area contributed by atoms with Crippen molar-refractivity contribution in [1.82, 2.24) is 14.8 Å². The Morgan fingerprint density at radius 2 is 1.89 bits per heavy atom. The fourth-order valence-electron chi connectivity index (χ4n) is 3.59. The van der Waals surface area contributed by atoms with Crippen molar-refractivity contribution in [3.05, 3.63) is 109 Å². The minimum atomic E-state index is -0.560. The number of nitro groups is 1. The zero-order valence-electron chi connectivity index (χ0n) is 19.0. The number of ether oxygens (including phenoxy) is 1. The summed E-state index contributed by atoms with van der Waals surface area (Å²) >= 11 is 10.8. The first-order chi connectivity index (χ1) is 16.8. The summed E-state index contributed by atoms with van der Waals surface area (Å²) in [7, 11) is 0. The molecule has 0 radical (unpaired) electrons. The van der Waals surface area contributed by atoms with Gasteiger partial charge in [0.2, 0.25) is 6.54 Å². The highest BCUT2D eigenvalue weighted by Gasteiger charge is 2.27. The van der Waals surface area contributed by atoms with E-state index in [2.05, 4.69) is 26.1 Å². The van der Waals surface area contributed by atoms with Crippen LogP contribution in [-0.2, 0) is 6.61 Å². The minimum Gasteiger partial charge on any atom is -0.489 e. The zero-order chi connectivity index (χ0) is 24.9. The van der Waals surface area contributed by atoms with Crippen molar-refractivity contribution in [2.75, 3.05) is 6.54 Å². The Kier molecular flexibility index (Phi) is 8.10. The van der Waals surface area contributed by atoms with E-state index in [1.807, 2.05) is 73.0 Å². The molecule has 4 rings (SSSR count). The molecule has 0 fully saturated rings. The highest BCUT2D eigenvalue weighted by Crippen LogP contribution is 2.41. The van der Waals surface area contributed by atoms with Crippen molar-refractivity contribution in [2.24, 2.45) is 0 Å². The second-order valence-electron chi connectivity index (χ2n) is 7.92. The van der Waals surface area contributed by atoms with Crippen LogP contribution in [0.15, 0.2) is 76.4 Å². The van der Waals surface area contributed by atoms with Gasteiger partial charge < -0.3 is 4.74 Å². The fraction of sp³-hybridized carbons (Fsp3) is 0.200. The number of benzene rings is 3. The summed E-state index contributed by atoms with van der Waals surface area (Å²) in [5.41, 5.74) is 3.64. The van der Waals surface area contributed by atoms with Crippen LogP contribution in [0, 0.1) is 24.0 Å². The number of hydrogen-bond donors (Lipinski definition) is 0. The second kappa shape index (κ2) is 11.2. The number of nitrogens with zero attached hydrogens (tertiary/aromatic N) is 4. The van der Waals surface area contributed by atoms with Gasteiger partial charge in [-0.25, -0.2) is 0 Å². The number of aromatic nitrogens is 3. The van der Waals surface area contributed by atoms with E-state index >= 15 is 0 Å². The zero-order valence-corrected chi connectivity index (χ0v) is 22.2. The Morgan fingerprint density at radius 1 is 1.11 bits per heavy atom. The van der Waals surface area contributed by atoms with Crippen LogP contribution in [0.25, 0.3) is 5.69 Å². The van der Waals surface area contributed by atoms with Crippen molar-refractivity contribution in [3.8, 4) is 11.4 Å². The van der Waals surface area contributed by atoms with Crippen LogP contribution in [0.5, 0.6) is 5.75 Å². The van der Waals surface area contributed by atoms with Crippen LogP contribution in [0.4, 0.5) is 0 Å². The molecule has 3 aromatic carbocycles. The molecule has 0 amide bonds. The molecule has 0 saturated heterocycles. The molecule has 7 nitrogen and oxygen atoms in total. The smallest absolute Gasteiger partial charge is 0.220 e. The topological polar surface area (TPSA) is 83.1 Å². The summed E-state index contributed by atoms with van der Waals surface area (Å²) in [6.45, 7) is 3.87. The number of rotatable bonds is 9. The van der Waals surface area contributed by atoms with Gasteiger partial charge in [0.1, 0.15) is 23.4 Å². The van der Waals surface area contributed by atoms with Gasteiger partial charge in [0.15, 0.2) is 5.16 Å². The molecule has 0 unspecified atom stereocenters. The maximum absolute atomic E-state index is 11.7. The van der Waals surface area contributed by atoms with Crippen LogP contribution in [0.2, 0.25) is 5.02 Å². The van der Waals surface area contributed by atoms with E-state index in [0.29, 0.717) is 33.9 Å². The maximum atomic E-state index is 11.7. The number of halogens is 2. The molecule has 0 N–H and O–H groups in total. The van der Waals surface area contributed by atoms with Gasteiger partial charge >= 0.3 is 0 Å². The molecule has 0 bridgehead atoms. The third-order valence-electron chi connectivity index (χ3n) is 5.24. The number of aryl methyl sites for hydroxylation is 2. The summed E-state index contributed by atoms with van der Waals surface area (Å²) in [5, 5.41) is 20.9. The van der Waals surface area contributed by atoms with E-state index in [0.717, 1.165) is 21.3 Å². The van der Waals surface area contributed by atoms with Gasteiger partial charge in [-0.3, -0.25) is 14.7 Å². The van der Waals surface area contributed by atoms with Crippen molar-refractivity contribution in [3.63, 3.8) is 0 Å². The molecule has 35 heavy (non-hydrogen) atoms. The van der Waals surface area contributed by atoms with Crippen LogP contribution in [0.3, 0.4) is 0 Å². The molecular weight excluding hydrogens is 552 g/mol. The Hall–Kier alpha value is -2.88. The molecule has 0 aliphatic carbocycles. The largest absolute Gasteiger partial charge is 0.489 e. The lowest BCUT2D eigenvalue weighted by atomic mass is 10.1. The third-order valence-corrected chi connectivity index (χ3v) is 7.15. The molecule has 1 aromatic heterocycles. The van der Waals surface area contributed by atoms with Crippen LogP contribution >= 0.6 is 39.3 Å². The monoisotopic (exact) mass is 572 g/mol. The fourth-order valence-corrected chi connectivity index (χ4v) is 5.29. The average Bonchev–Trinajstić information content (AvgIpc) is 3.18. The molecule has 180 valence electrons. The molecule has 0 spiro atoms. The Balaban J connectivity index is 1.68. The van der Waals surface area contributed by atoms with Gasteiger partial charge in [0.05, 0.1) is 0 Å². The van der Waals surface area contributed by atoms with Crippen molar-refractivity contribution < 1.29 is 9.66 Å². The Labute approximate surface area is 220 Å². The van der Waals surface area contributed by atoms with Crippen LogP contribution in [-0.4, -0.2) is 26.2 Å². The van der Waals surface area contributed by atoms with Crippen molar-refractivity contribution in [2.45, 2.75) is 30.9 Å². The summed E-state index contributed by atoms with van der Waals surface area (Å²) in [6, 6.07) is 20.9. The van der Waals surface area contributed by atoms with Gasteiger partial charge in [-0.1, -0.05) is 63.6 Å². The van der Waals surface area contributed by atoms with Crippen LogP contribution < -0.4 is 4.74 Å². The van der Waals surface area contributed by atoms with E-state index in [4.69, 9.17) is 16.3 Å². The highest BCUT2D eigenvalue weighted by molar-refractivity contribution is 9.10. The normalized spacial score (nSPS) is 11.9. The first-order valence-corrected chi connectivity index (χ1v) is 12.8. The van der Waals surface area contributed by atoms with Gasteiger partial charge in [-0.2, -0.15) is 0 Å².